The quantitative estimate of drug-likeness (QED) is 0.0717. The van der Waals surface area contributed by atoms with E-state index in [9.17, 15) is 19.2 Å². The zero-order valence-corrected chi connectivity index (χ0v) is 28.7. The zero-order valence-electron chi connectivity index (χ0n) is 27.1. The molecule has 0 aliphatic carbocycles. The number of aromatic nitrogens is 3. The normalized spacial score (nSPS) is 18.1. The van der Waals surface area contributed by atoms with Crippen molar-refractivity contribution in [3.05, 3.63) is 153 Å². The first-order valence-corrected chi connectivity index (χ1v) is 17.1. The van der Waals surface area contributed by atoms with Gasteiger partial charge >= 0.3 is 23.6 Å². The number of carbonyl (C=O) groups is 3. The fourth-order valence-corrected chi connectivity index (χ4v) is 6.32. The van der Waals surface area contributed by atoms with Gasteiger partial charge in [0.05, 0.1) is 23.8 Å². The third-order valence-corrected chi connectivity index (χ3v) is 9.24. The number of rotatable bonds is 12. The van der Waals surface area contributed by atoms with E-state index < -0.39 is 54.7 Å². The molecular weight excluding hydrogens is 695 g/mol. The Kier molecular flexibility index (Phi) is 11.4. The topological polar surface area (TPSA) is 148 Å². The van der Waals surface area contributed by atoms with Gasteiger partial charge in [0, 0.05) is 5.75 Å². The minimum absolute atomic E-state index is 0.0889. The average Bonchev–Trinajstić information content (AvgIpc) is 3.50. The molecule has 1 aliphatic heterocycles. The van der Waals surface area contributed by atoms with Crippen LogP contribution in [0.4, 0.5) is 0 Å². The Morgan fingerprint density at radius 3 is 1.86 bits per heavy atom. The minimum atomic E-state index is -1.44. The van der Waals surface area contributed by atoms with Crippen molar-refractivity contribution >= 4 is 41.9 Å². The van der Waals surface area contributed by atoms with Crippen molar-refractivity contribution in [3.63, 3.8) is 0 Å². The summed E-state index contributed by atoms with van der Waals surface area (Å²) in [4.78, 5) is 56.0. The summed E-state index contributed by atoms with van der Waals surface area (Å²) in [7, 11) is 1.58. The van der Waals surface area contributed by atoms with Crippen LogP contribution in [-0.2, 0) is 24.7 Å². The Hall–Kier alpha value is -5.57. The maximum absolute atomic E-state index is 13.5. The van der Waals surface area contributed by atoms with Gasteiger partial charge in [0.15, 0.2) is 23.5 Å². The van der Waals surface area contributed by atoms with Crippen molar-refractivity contribution in [1.82, 2.24) is 14.8 Å². The van der Waals surface area contributed by atoms with Crippen molar-refractivity contribution < 1.29 is 38.1 Å². The monoisotopic (exact) mass is 725 g/mol. The molecule has 5 aromatic rings. The summed E-state index contributed by atoms with van der Waals surface area (Å²) in [6.45, 7) is -0.424. The number of thioether (sulfide) groups is 1. The van der Waals surface area contributed by atoms with E-state index in [2.05, 4.69) is 10.1 Å². The number of esters is 3. The number of ether oxygens (including phenoxy) is 5. The molecule has 6 rings (SSSR count). The maximum Gasteiger partial charge on any atom is 0.345 e. The molecule has 4 atom stereocenters. The van der Waals surface area contributed by atoms with Crippen LogP contribution in [0.3, 0.4) is 0 Å². The molecule has 0 unspecified atom stereocenters. The van der Waals surface area contributed by atoms with Crippen molar-refractivity contribution in [2.24, 2.45) is 0 Å². The minimum Gasteiger partial charge on any atom is -0.497 e. The van der Waals surface area contributed by atoms with E-state index in [4.69, 9.17) is 35.9 Å². The zero-order chi connectivity index (χ0) is 35.7. The highest BCUT2D eigenvalue weighted by Crippen LogP contribution is 2.35. The number of carbonyl (C=O) groups excluding carboxylic acids is 3. The second kappa shape index (κ2) is 16.4. The van der Waals surface area contributed by atoms with Gasteiger partial charge in [0.1, 0.15) is 23.1 Å². The van der Waals surface area contributed by atoms with Gasteiger partial charge in [0.2, 0.25) is 0 Å². The average molecular weight is 726 g/mol. The van der Waals surface area contributed by atoms with Crippen LogP contribution in [0.15, 0.2) is 125 Å². The number of nitrogens with zero attached hydrogens (tertiary/aromatic N) is 2. The van der Waals surface area contributed by atoms with Gasteiger partial charge in [-0.2, -0.15) is 9.78 Å². The summed E-state index contributed by atoms with van der Waals surface area (Å²) >= 11 is 6.70. The lowest BCUT2D eigenvalue weighted by Gasteiger charge is -2.24. The Bertz CT molecular complexity index is 2090. The Balaban J connectivity index is 1.35. The molecule has 0 saturated carbocycles. The molecule has 4 aromatic carbocycles. The summed E-state index contributed by atoms with van der Waals surface area (Å²) in [6.07, 6.45) is -5.42. The van der Waals surface area contributed by atoms with Crippen LogP contribution in [0, 0.1) is 4.64 Å². The van der Waals surface area contributed by atoms with E-state index in [0.717, 1.165) is 10.2 Å². The maximum atomic E-state index is 13.5. The lowest BCUT2D eigenvalue weighted by atomic mass is 10.1. The van der Waals surface area contributed by atoms with Gasteiger partial charge in [-0.05, 0) is 54.1 Å². The molecule has 0 bridgehead atoms. The van der Waals surface area contributed by atoms with Crippen molar-refractivity contribution in [2.75, 3.05) is 13.7 Å². The van der Waals surface area contributed by atoms with E-state index in [-0.39, 0.29) is 26.4 Å². The van der Waals surface area contributed by atoms with Crippen molar-refractivity contribution in [2.45, 2.75) is 35.3 Å². The van der Waals surface area contributed by atoms with Gasteiger partial charge in [-0.25, -0.2) is 19.2 Å². The van der Waals surface area contributed by atoms with Crippen LogP contribution in [0.1, 0.15) is 42.9 Å². The fraction of sp³-hybridized carbons (Fsp3) is 0.189. The van der Waals surface area contributed by atoms with E-state index >= 15 is 0 Å². The van der Waals surface area contributed by atoms with E-state index in [1.165, 1.54) is 11.8 Å². The second-order valence-electron chi connectivity index (χ2n) is 11.1. The number of aromatic amines is 1. The Morgan fingerprint density at radius 2 is 1.31 bits per heavy atom. The first kappa shape index (κ1) is 35.3. The van der Waals surface area contributed by atoms with Crippen LogP contribution in [-0.4, -0.2) is 64.7 Å². The van der Waals surface area contributed by atoms with Gasteiger partial charge < -0.3 is 23.7 Å². The van der Waals surface area contributed by atoms with Crippen LogP contribution < -0.4 is 10.4 Å². The lowest BCUT2D eigenvalue weighted by molar-refractivity contribution is -0.0706. The Labute approximate surface area is 301 Å². The summed E-state index contributed by atoms with van der Waals surface area (Å²) in [5.41, 5.74) is 0.866. The summed E-state index contributed by atoms with van der Waals surface area (Å²) in [5.74, 6) is -1.05. The molecule has 51 heavy (non-hydrogen) atoms. The lowest BCUT2D eigenvalue weighted by Crippen LogP contribution is -2.43. The van der Waals surface area contributed by atoms with Gasteiger partial charge in [-0.1, -0.05) is 90.7 Å². The molecule has 1 aliphatic rings. The molecule has 1 aromatic heterocycles. The van der Waals surface area contributed by atoms with Crippen LogP contribution in [0.2, 0.25) is 0 Å². The summed E-state index contributed by atoms with van der Waals surface area (Å²) in [6, 6.07) is 32.1. The molecule has 1 saturated heterocycles. The molecular formula is C37H31N3O9S2. The number of benzene rings is 4. The molecule has 14 heteroatoms. The Morgan fingerprint density at radius 1 is 0.784 bits per heavy atom. The van der Waals surface area contributed by atoms with Crippen molar-refractivity contribution in [3.8, 4) is 5.75 Å². The molecule has 2 heterocycles. The van der Waals surface area contributed by atoms with E-state index in [1.54, 1.807) is 98.1 Å². The predicted octanol–water partition coefficient (Wildman–Crippen LogP) is 5.81. The molecule has 1 fully saturated rings. The number of H-pyrrole nitrogens is 1. The van der Waals surface area contributed by atoms with Crippen LogP contribution in [0.5, 0.6) is 5.75 Å². The third-order valence-electron chi connectivity index (χ3n) is 7.78. The summed E-state index contributed by atoms with van der Waals surface area (Å²) in [5, 5.41) is 4.81. The van der Waals surface area contributed by atoms with Crippen molar-refractivity contribution in [1.29, 1.82) is 0 Å². The smallest absolute Gasteiger partial charge is 0.345 e. The first-order chi connectivity index (χ1) is 24.8. The van der Waals surface area contributed by atoms with Gasteiger partial charge in [-0.3, -0.25) is 4.98 Å². The number of hydrogen-bond acceptors (Lipinski definition) is 12. The molecule has 1 N–H and O–H groups in total. The highest BCUT2D eigenvalue weighted by molar-refractivity contribution is 7.98. The SMILES string of the molecule is COc1ccc(CSc2nn([C@H]3O[C@@H](COC(=O)c4ccccc4)[C@@H](OC(=O)c4ccccc4)[C@H]3OC(=O)c3ccccc3)c(=O)[nH]c2=S)cc1. The van der Waals surface area contributed by atoms with Crippen LogP contribution in [0.25, 0.3) is 0 Å². The first-order valence-electron chi connectivity index (χ1n) is 15.7. The largest absolute Gasteiger partial charge is 0.497 e. The molecule has 260 valence electrons. The van der Waals surface area contributed by atoms with Crippen LogP contribution >= 0.6 is 24.0 Å². The number of methoxy groups -OCH3 is 1. The second-order valence-corrected chi connectivity index (χ2v) is 12.5. The third kappa shape index (κ3) is 8.60. The predicted molar refractivity (Wildman–Crippen MR) is 188 cm³/mol. The van der Waals surface area contributed by atoms with E-state index in [0.29, 0.717) is 11.5 Å². The van der Waals surface area contributed by atoms with E-state index in [1.807, 2.05) is 24.3 Å². The molecule has 12 nitrogen and oxygen atoms in total. The highest BCUT2D eigenvalue weighted by Gasteiger charge is 2.52. The molecule has 0 radical (unpaired) electrons. The number of nitrogens with one attached hydrogen (secondary N) is 1. The summed E-state index contributed by atoms with van der Waals surface area (Å²) < 4.78 is 30.1. The van der Waals surface area contributed by atoms with Gasteiger partial charge in [-0.15, -0.1) is 0 Å². The fourth-order valence-electron chi connectivity index (χ4n) is 5.19. The molecule has 0 amide bonds. The highest BCUT2D eigenvalue weighted by atomic mass is 32.2. The van der Waals surface area contributed by atoms with Gasteiger partial charge in [0.25, 0.3) is 0 Å². The standard InChI is InChI=1S/C37H31N3O9S2/c1-45-27-19-17-23(18-20-27)22-51-32-31(50)38-37(44)40(39-32)33-30(49-36(43)26-15-9-4-10-16-26)29(48-35(42)25-13-7-3-8-14-25)28(47-33)21-46-34(41)24-11-5-2-6-12-24/h2-20,28-30,33H,21-22H2,1H3,(H,38,44,50)/t28-,29+,30+,33-/m0/s1. The molecule has 0 spiro atoms. The number of hydrogen-bond donors (Lipinski definition) is 1.